The molecule has 1 N–H and O–H groups in total. The molecule has 0 aliphatic carbocycles. The quantitative estimate of drug-likeness (QED) is 0.883. The van der Waals surface area contributed by atoms with Crippen molar-refractivity contribution >= 4 is 5.91 Å². The number of para-hydroxylation sites is 1. The van der Waals surface area contributed by atoms with Crippen molar-refractivity contribution in [3.63, 3.8) is 0 Å². The third kappa shape index (κ3) is 2.48. The molecule has 0 spiro atoms. The Bertz CT molecular complexity index is 419. The summed E-state index contributed by atoms with van der Waals surface area (Å²) in [6.07, 6.45) is 1.83. The second-order valence-corrected chi connectivity index (χ2v) is 4.41. The summed E-state index contributed by atoms with van der Waals surface area (Å²) in [5, 5.41) is 9.28. The molecular weight excluding hydrogens is 230 g/mol. The van der Waals surface area contributed by atoms with Crippen molar-refractivity contribution in [3.05, 3.63) is 29.8 Å². The maximum Gasteiger partial charge on any atom is 0.257 e. The van der Waals surface area contributed by atoms with Gasteiger partial charge in [-0.1, -0.05) is 12.1 Å². The van der Waals surface area contributed by atoms with Crippen LogP contribution in [0.15, 0.2) is 24.3 Å². The Labute approximate surface area is 107 Å². The summed E-state index contributed by atoms with van der Waals surface area (Å²) < 4.78 is 5.48. The van der Waals surface area contributed by atoms with Gasteiger partial charge in [0.05, 0.1) is 24.8 Å². The number of carbonyl (C=O) groups excluding carboxylic acids is 1. The highest BCUT2D eigenvalue weighted by Gasteiger charge is 2.30. The monoisotopic (exact) mass is 249 g/mol. The first-order valence-electron chi connectivity index (χ1n) is 6.41. The molecule has 1 aliphatic heterocycles. The molecule has 18 heavy (non-hydrogen) atoms. The molecule has 1 aromatic rings. The zero-order valence-electron chi connectivity index (χ0n) is 10.6. The van der Waals surface area contributed by atoms with E-state index in [9.17, 15) is 9.90 Å². The lowest BCUT2D eigenvalue weighted by Crippen LogP contribution is -2.37. The van der Waals surface area contributed by atoms with E-state index < -0.39 is 0 Å². The number of aliphatic hydroxyl groups excluding tert-OH is 1. The summed E-state index contributed by atoms with van der Waals surface area (Å²) in [5.41, 5.74) is 0.583. The number of rotatable bonds is 4. The van der Waals surface area contributed by atoms with Crippen LogP contribution in [0.3, 0.4) is 0 Å². The minimum atomic E-state index is -0.0489. The van der Waals surface area contributed by atoms with Gasteiger partial charge in [-0.05, 0) is 31.9 Å². The maximum absolute atomic E-state index is 12.4. The van der Waals surface area contributed by atoms with Gasteiger partial charge >= 0.3 is 0 Å². The van der Waals surface area contributed by atoms with Crippen LogP contribution in [0.2, 0.25) is 0 Å². The maximum atomic E-state index is 12.4. The molecule has 1 amide bonds. The number of nitrogens with zero attached hydrogens (tertiary/aromatic N) is 1. The number of likely N-dealkylation sites (tertiary alicyclic amines) is 1. The molecule has 1 saturated heterocycles. The zero-order valence-corrected chi connectivity index (χ0v) is 10.6. The Hall–Kier alpha value is -1.55. The molecule has 1 fully saturated rings. The Morgan fingerprint density at radius 3 is 3.00 bits per heavy atom. The first-order chi connectivity index (χ1) is 8.77. The smallest absolute Gasteiger partial charge is 0.257 e. The van der Waals surface area contributed by atoms with Crippen LogP contribution in [0.1, 0.15) is 30.1 Å². The van der Waals surface area contributed by atoms with Gasteiger partial charge in [0.25, 0.3) is 5.91 Å². The molecule has 98 valence electrons. The number of benzene rings is 1. The molecule has 0 bridgehead atoms. The fourth-order valence-corrected chi connectivity index (χ4v) is 2.37. The lowest BCUT2D eigenvalue weighted by molar-refractivity contribution is 0.0673. The molecule has 1 heterocycles. The van der Waals surface area contributed by atoms with E-state index in [0.29, 0.717) is 24.5 Å². The topological polar surface area (TPSA) is 49.8 Å². The molecule has 1 aliphatic rings. The summed E-state index contributed by atoms with van der Waals surface area (Å²) in [6, 6.07) is 7.22. The van der Waals surface area contributed by atoms with Crippen LogP contribution in [0.25, 0.3) is 0 Å². The van der Waals surface area contributed by atoms with Crippen molar-refractivity contribution in [2.24, 2.45) is 0 Å². The first kappa shape index (κ1) is 12.9. The van der Waals surface area contributed by atoms with Crippen LogP contribution in [0.4, 0.5) is 0 Å². The van der Waals surface area contributed by atoms with Crippen LogP contribution in [-0.4, -0.2) is 41.7 Å². The predicted molar refractivity (Wildman–Crippen MR) is 68.8 cm³/mol. The van der Waals surface area contributed by atoms with E-state index in [1.54, 1.807) is 17.0 Å². The van der Waals surface area contributed by atoms with Crippen molar-refractivity contribution in [3.8, 4) is 5.75 Å². The molecular formula is C14H19NO3. The number of amides is 1. The van der Waals surface area contributed by atoms with Crippen molar-refractivity contribution in [1.82, 2.24) is 4.90 Å². The largest absolute Gasteiger partial charge is 0.493 e. The van der Waals surface area contributed by atoms with Crippen molar-refractivity contribution < 1.29 is 14.6 Å². The van der Waals surface area contributed by atoms with E-state index in [1.165, 1.54) is 0 Å². The Kier molecular flexibility index (Phi) is 4.20. The van der Waals surface area contributed by atoms with Crippen molar-refractivity contribution in [2.45, 2.75) is 25.8 Å². The fourth-order valence-electron chi connectivity index (χ4n) is 2.37. The number of carbonyl (C=O) groups is 1. The Balaban J connectivity index is 2.22. The first-order valence-corrected chi connectivity index (χ1v) is 6.41. The van der Waals surface area contributed by atoms with Crippen LogP contribution in [0.5, 0.6) is 5.75 Å². The normalized spacial score (nSPS) is 19.0. The van der Waals surface area contributed by atoms with E-state index in [-0.39, 0.29) is 18.6 Å². The van der Waals surface area contributed by atoms with Crippen LogP contribution in [0, 0.1) is 0 Å². The summed E-state index contributed by atoms with van der Waals surface area (Å²) in [7, 11) is 0. The second kappa shape index (κ2) is 5.87. The number of hydrogen-bond acceptors (Lipinski definition) is 3. The van der Waals surface area contributed by atoms with Gasteiger partial charge in [0.1, 0.15) is 5.75 Å². The zero-order chi connectivity index (χ0) is 13.0. The van der Waals surface area contributed by atoms with Gasteiger partial charge in [-0.3, -0.25) is 4.79 Å². The third-order valence-electron chi connectivity index (χ3n) is 3.27. The average molecular weight is 249 g/mol. The highest BCUT2D eigenvalue weighted by atomic mass is 16.5. The van der Waals surface area contributed by atoms with E-state index >= 15 is 0 Å². The molecule has 0 radical (unpaired) electrons. The molecule has 1 aromatic carbocycles. The molecule has 2 rings (SSSR count). The minimum Gasteiger partial charge on any atom is -0.493 e. The molecule has 4 nitrogen and oxygen atoms in total. The van der Waals surface area contributed by atoms with Gasteiger partial charge in [-0.15, -0.1) is 0 Å². The van der Waals surface area contributed by atoms with Gasteiger partial charge in [-0.25, -0.2) is 0 Å². The minimum absolute atomic E-state index is 0.0303. The molecule has 4 heteroatoms. The van der Waals surface area contributed by atoms with Crippen LogP contribution >= 0.6 is 0 Å². The molecule has 0 saturated carbocycles. The highest BCUT2D eigenvalue weighted by molar-refractivity contribution is 5.97. The van der Waals surface area contributed by atoms with E-state index in [0.717, 1.165) is 12.8 Å². The second-order valence-electron chi connectivity index (χ2n) is 4.41. The van der Waals surface area contributed by atoms with Gasteiger partial charge in [0, 0.05) is 6.54 Å². The molecule has 1 atom stereocenters. The number of ether oxygens (including phenoxy) is 1. The Morgan fingerprint density at radius 2 is 2.28 bits per heavy atom. The summed E-state index contributed by atoms with van der Waals surface area (Å²) in [4.78, 5) is 14.2. The van der Waals surface area contributed by atoms with Crippen LogP contribution in [-0.2, 0) is 0 Å². The third-order valence-corrected chi connectivity index (χ3v) is 3.27. The van der Waals surface area contributed by atoms with E-state index in [4.69, 9.17) is 4.74 Å². The van der Waals surface area contributed by atoms with E-state index in [1.807, 2.05) is 19.1 Å². The average Bonchev–Trinajstić information content (AvgIpc) is 2.87. The highest BCUT2D eigenvalue weighted by Crippen LogP contribution is 2.24. The van der Waals surface area contributed by atoms with Gasteiger partial charge < -0.3 is 14.7 Å². The number of aliphatic hydroxyl groups is 1. The van der Waals surface area contributed by atoms with Crippen LogP contribution < -0.4 is 4.74 Å². The molecule has 0 unspecified atom stereocenters. The van der Waals surface area contributed by atoms with Crippen molar-refractivity contribution in [2.75, 3.05) is 19.8 Å². The van der Waals surface area contributed by atoms with Gasteiger partial charge in [0.2, 0.25) is 0 Å². The Morgan fingerprint density at radius 1 is 1.50 bits per heavy atom. The lowest BCUT2D eigenvalue weighted by Gasteiger charge is -2.24. The summed E-state index contributed by atoms with van der Waals surface area (Å²) in [5.74, 6) is 0.573. The van der Waals surface area contributed by atoms with E-state index in [2.05, 4.69) is 0 Å². The lowest BCUT2D eigenvalue weighted by atomic mass is 10.1. The summed E-state index contributed by atoms with van der Waals surface area (Å²) in [6.45, 7) is 3.18. The predicted octanol–water partition coefficient (Wildman–Crippen LogP) is 1.68. The number of hydrogen-bond donors (Lipinski definition) is 1. The molecule has 0 aromatic heterocycles. The summed E-state index contributed by atoms with van der Waals surface area (Å²) >= 11 is 0. The van der Waals surface area contributed by atoms with Gasteiger partial charge in [-0.2, -0.15) is 0 Å². The van der Waals surface area contributed by atoms with Gasteiger partial charge in [0.15, 0.2) is 0 Å². The SMILES string of the molecule is CCOc1ccccc1C(=O)N1CCC[C@@H]1CO. The fraction of sp³-hybridized carbons (Fsp3) is 0.500. The standard InChI is InChI=1S/C14H19NO3/c1-2-18-13-8-4-3-7-12(13)14(17)15-9-5-6-11(15)10-16/h3-4,7-8,11,16H,2,5-6,9-10H2,1H3/t11-/m1/s1. The van der Waals surface area contributed by atoms with Crippen molar-refractivity contribution in [1.29, 1.82) is 0 Å².